The fourth-order valence-electron chi connectivity index (χ4n) is 4.48. The Bertz CT molecular complexity index is 1240. The van der Waals surface area contributed by atoms with E-state index in [1.807, 2.05) is 11.8 Å². The van der Waals surface area contributed by atoms with E-state index in [2.05, 4.69) is 10.6 Å². The highest BCUT2D eigenvalue weighted by Gasteiger charge is 2.36. The molecule has 2 aromatic rings. The Morgan fingerprint density at radius 3 is 2.54 bits per heavy atom. The van der Waals surface area contributed by atoms with Crippen molar-refractivity contribution in [1.29, 1.82) is 0 Å². The van der Waals surface area contributed by atoms with Crippen LogP contribution < -0.4 is 10.6 Å². The van der Waals surface area contributed by atoms with Crippen LogP contribution in [0.3, 0.4) is 0 Å². The van der Waals surface area contributed by atoms with Crippen LogP contribution in [-0.2, 0) is 29.1 Å². The first-order chi connectivity index (χ1) is 17.4. The van der Waals surface area contributed by atoms with Gasteiger partial charge in [0, 0.05) is 41.3 Å². The van der Waals surface area contributed by atoms with E-state index in [9.17, 15) is 26.4 Å². The number of sulfone groups is 1. The molecule has 12 heteroatoms. The molecule has 37 heavy (non-hydrogen) atoms. The highest BCUT2D eigenvalue weighted by Crippen LogP contribution is 2.37. The fourth-order valence-corrected chi connectivity index (χ4v) is 6.07. The third-order valence-electron chi connectivity index (χ3n) is 6.32. The summed E-state index contributed by atoms with van der Waals surface area (Å²) in [6, 6.07) is 6.38. The average molecular weight is 581 g/mol. The van der Waals surface area contributed by atoms with E-state index in [4.69, 9.17) is 23.2 Å². The van der Waals surface area contributed by atoms with Gasteiger partial charge in [-0.15, -0.1) is 0 Å². The molecule has 1 aliphatic heterocycles. The molecule has 1 amide bonds. The van der Waals surface area contributed by atoms with Crippen molar-refractivity contribution < 1.29 is 26.4 Å². The summed E-state index contributed by atoms with van der Waals surface area (Å²) in [5.41, 5.74) is -1.07. The van der Waals surface area contributed by atoms with Gasteiger partial charge in [0.2, 0.25) is 0 Å². The molecule has 0 spiro atoms. The van der Waals surface area contributed by atoms with Crippen molar-refractivity contribution in [1.82, 2.24) is 15.5 Å². The van der Waals surface area contributed by atoms with E-state index in [-0.39, 0.29) is 56.5 Å². The van der Waals surface area contributed by atoms with Gasteiger partial charge < -0.3 is 10.6 Å². The van der Waals surface area contributed by atoms with Crippen molar-refractivity contribution in [3.05, 3.63) is 62.6 Å². The molecule has 1 saturated heterocycles. The largest absolute Gasteiger partial charge is 0.416 e. The number of hydrogen-bond donors (Lipinski definition) is 2. The summed E-state index contributed by atoms with van der Waals surface area (Å²) in [5.74, 6) is -0.975. The molecule has 0 unspecified atom stereocenters. The van der Waals surface area contributed by atoms with Crippen LogP contribution in [0.15, 0.2) is 35.2 Å². The van der Waals surface area contributed by atoms with Crippen molar-refractivity contribution in [3.8, 4) is 0 Å². The van der Waals surface area contributed by atoms with Crippen molar-refractivity contribution in [2.24, 2.45) is 0 Å². The van der Waals surface area contributed by atoms with Crippen LogP contribution >= 0.6 is 23.2 Å². The molecule has 2 aromatic carbocycles. The third kappa shape index (κ3) is 7.60. The highest BCUT2D eigenvalue weighted by atomic mass is 35.5. The van der Waals surface area contributed by atoms with Crippen molar-refractivity contribution >= 4 is 38.9 Å². The van der Waals surface area contributed by atoms with Crippen LogP contribution in [0.5, 0.6) is 0 Å². The summed E-state index contributed by atoms with van der Waals surface area (Å²) >= 11 is 12.3. The zero-order valence-corrected chi connectivity index (χ0v) is 22.9. The summed E-state index contributed by atoms with van der Waals surface area (Å²) in [5, 5.41) is 5.95. The Morgan fingerprint density at radius 2 is 1.89 bits per heavy atom. The number of benzene rings is 2. The highest BCUT2D eigenvalue weighted by molar-refractivity contribution is 7.91. The zero-order chi connectivity index (χ0) is 27.4. The number of nitrogens with one attached hydrogen (secondary N) is 2. The van der Waals surface area contributed by atoms with Gasteiger partial charge in [0.1, 0.15) is 0 Å². The molecule has 204 valence electrons. The summed E-state index contributed by atoms with van der Waals surface area (Å²) in [6.07, 6.45) is -2.91. The number of amides is 1. The van der Waals surface area contributed by atoms with Crippen molar-refractivity contribution in [3.63, 3.8) is 0 Å². The van der Waals surface area contributed by atoms with Gasteiger partial charge in [-0.05, 0) is 67.4 Å². The number of rotatable bonds is 9. The molecule has 0 saturated carbocycles. The normalized spacial score (nSPS) is 17.1. The molecule has 2 N–H and O–H groups in total. The van der Waals surface area contributed by atoms with Crippen molar-refractivity contribution in [2.45, 2.75) is 56.9 Å². The molecule has 1 fully saturated rings. The lowest BCUT2D eigenvalue weighted by molar-refractivity contribution is -0.138. The SMILES string of the molecule is CCN[C@H]1CCCN(Cc2c(Cl)cc(C(=O)NCc3cc(Cl)ccc3S(=O)(=O)CC)cc2C(F)(F)F)C1. The lowest BCUT2D eigenvalue weighted by Gasteiger charge is -2.34. The average Bonchev–Trinajstić information content (AvgIpc) is 2.83. The number of carbonyl (C=O) groups is 1. The lowest BCUT2D eigenvalue weighted by atomic mass is 10.00. The molecule has 0 aliphatic carbocycles. The number of likely N-dealkylation sites (tertiary alicyclic amines) is 1. The fraction of sp³-hybridized carbons (Fsp3) is 0.480. The van der Waals surface area contributed by atoms with E-state index in [0.717, 1.165) is 25.5 Å². The Balaban J connectivity index is 1.85. The van der Waals surface area contributed by atoms with E-state index in [1.165, 1.54) is 31.2 Å². The Labute approximate surface area is 225 Å². The van der Waals surface area contributed by atoms with Gasteiger partial charge in [0.25, 0.3) is 5.91 Å². The predicted molar refractivity (Wildman–Crippen MR) is 139 cm³/mol. The monoisotopic (exact) mass is 579 g/mol. The number of likely N-dealkylation sites (N-methyl/N-ethyl adjacent to an activating group) is 1. The lowest BCUT2D eigenvalue weighted by Crippen LogP contribution is -2.45. The number of hydrogen-bond acceptors (Lipinski definition) is 5. The van der Waals surface area contributed by atoms with Gasteiger partial charge in [0.05, 0.1) is 16.2 Å². The van der Waals surface area contributed by atoms with Crippen molar-refractivity contribution in [2.75, 3.05) is 25.4 Å². The number of halogens is 5. The molecule has 6 nitrogen and oxygen atoms in total. The van der Waals surface area contributed by atoms with Gasteiger partial charge in [0.15, 0.2) is 9.84 Å². The minimum atomic E-state index is -4.72. The molecular formula is C25H30Cl2F3N3O3S. The maximum Gasteiger partial charge on any atom is 0.416 e. The first-order valence-corrected chi connectivity index (χ1v) is 14.4. The van der Waals surface area contributed by atoms with Gasteiger partial charge >= 0.3 is 6.18 Å². The standard InChI is InChI=1S/C25H30Cl2F3N3O3S/c1-3-31-19-6-5-9-33(14-19)15-20-21(25(28,29)30)11-16(12-22(20)27)24(34)32-13-17-10-18(26)7-8-23(17)37(35,36)4-2/h7-8,10-12,19,31H,3-6,9,13-15H2,1-2H3,(H,32,34)/t19-/m0/s1. The minimum absolute atomic E-state index is 0.00135. The van der Waals surface area contributed by atoms with Crippen LogP contribution in [0, 0.1) is 0 Å². The molecule has 1 atom stereocenters. The van der Waals surface area contributed by atoms with Crippen LogP contribution in [0.1, 0.15) is 53.7 Å². The van der Waals surface area contributed by atoms with Gasteiger partial charge in [-0.3, -0.25) is 9.69 Å². The molecule has 1 aliphatic rings. The first-order valence-electron chi connectivity index (χ1n) is 12.0. The quantitative estimate of drug-likeness (QED) is 0.421. The minimum Gasteiger partial charge on any atom is -0.348 e. The molecular weight excluding hydrogens is 550 g/mol. The Hall–Kier alpha value is -1.85. The number of alkyl halides is 3. The smallest absolute Gasteiger partial charge is 0.348 e. The van der Waals surface area contributed by atoms with Gasteiger partial charge in [-0.2, -0.15) is 13.2 Å². The van der Waals surface area contributed by atoms with Gasteiger partial charge in [-0.1, -0.05) is 37.0 Å². The number of carbonyl (C=O) groups excluding carboxylic acids is 1. The molecule has 3 rings (SSSR count). The molecule has 0 bridgehead atoms. The topological polar surface area (TPSA) is 78.5 Å². The summed E-state index contributed by atoms with van der Waals surface area (Å²) < 4.78 is 66.9. The second kappa shape index (κ2) is 12.3. The van der Waals surface area contributed by atoms with Crippen LogP contribution in [0.25, 0.3) is 0 Å². The first kappa shape index (κ1) is 29.7. The Morgan fingerprint density at radius 1 is 1.16 bits per heavy atom. The van der Waals surface area contributed by atoms with Crippen LogP contribution in [0.4, 0.5) is 13.2 Å². The maximum absolute atomic E-state index is 14.0. The van der Waals surface area contributed by atoms with E-state index in [0.29, 0.717) is 13.1 Å². The maximum atomic E-state index is 14.0. The summed E-state index contributed by atoms with van der Waals surface area (Å²) in [6.45, 7) is 5.27. The Kier molecular flexibility index (Phi) is 9.90. The third-order valence-corrected chi connectivity index (χ3v) is 8.72. The van der Waals surface area contributed by atoms with Crippen LogP contribution in [0.2, 0.25) is 10.0 Å². The number of nitrogens with zero attached hydrogens (tertiary/aromatic N) is 1. The van der Waals surface area contributed by atoms with E-state index in [1.54, 1.807) is 0 Å². The molecule has 0 aromatic heterocycles. The molecule has 0 radical (unpaired) electrons. The zero-order valence-electron chi connectivity index (χ0n) is 20.6. The molecule has 1 heterocycles. The summed E-state index contributed by atoms with van der Waals surface area (Å²) in [7, 11) is -3.61. The predicted octanol–water partition coefficient (Wildman–Crippen LogP) is 5.31. The summed E-state index contributed by atoms with van der Waals surface area (Å²) in [4.78, 5) is 14.8. The van der Waals surface area contributed by atoms with E-state index >= 15 is 0 Å². The second-order valence-corrected chi connectivity index (χ2v) is 12.0. The number of piperidine rings is 1. The van der Waals surface area contributed by atoms with Gasteiger partial charge in [-0.25, -0.2) is 8.42 Å². The van der Waals surface area contributed by atoms with E-state index < -0.39 is 27.5 Å². The second-order valence-electron chi connectivity index (χ2n) is 8.95. The van der Waals surface area contributed by atoms with Crippen LogP contribution in [-0.4, -0.2) is 50.7 Å².